The van der Waals surface area contributed by atoms with Gasteiger partial charge in [-0.15, -0.1) is 0 Å². The summed E-state index contributed by atoms with van der Waals surface area (Å²) in [6, 6.07) is 0. The molecule has 0 aliphatic carbocycles. The molecule has 0 aromatic carbocycles. The van der Waals surface area contributed by atoms with Crippen molar-refractivity contribution in [2.24, 2.45) is 0 Å². The van der Waals surface area contributed by atoms with E-state index < -0.39 is 0 Å². The molecular weight excluding hydrogens is 468 g/mol. The van der Waals surface area contributed by atoms with Crippen LogP contribution in [0, 0.1) is 0 Å². The minimum Gasteiger partial charge on any atom is -0.463 e. The first-order chi connectivity index (χ1) is 18.3. The van der Waals surface area contributed by atoms with Gasteiger partial charge in [0, 0.05) is 13.0 Å². The van der Waals surface area contributed by atoms with Crippen LogP contribution < -0.4 is 0 Å². The van der Waals surface area contributed by atoms with Gasteiger partial charge in [-0.2, -0.15) is 0 Å². The molecule has 0 aliphatic heterocycles. The van der Waals surface area contributed by atoms with Gasteiger partial charge >= 0.3 is 5.97 Å². The molecule has 6 heteroatoms. The van der Waals surface area contributed by atoms with Gasteiger partial charge in [-0.3, -0.25) is 4.79 Å². The lowest BCUT2D eigenvalue weighted by Gasteiger charge is -2.08. The largest absolute Gasteiger partial charge is 0.463 e. The first-order valence-corrected chi connectivity index (χ1v) is 15.8. The molecule has 0 saturated heterocycles. The van der Waals surface area contributed by atoms with Crippen molar-refractivity contribution < 1.29 is 28.5 Å². The molecule has 0 saturated carbocycles. The van der Waals surface area contributed by atoms with Crippen LogP contribution in [-0.2, 0) is 28.5 Å². The van der Waals surface area contributed by atoms with E-state index in [1.807, 2.05) is 0 Å². The predicted octanol–water partition coefficient (Wildman–Crippen LogP) is 8.05. The Balaban J connectivity index is 3.10. The van der Waals surface area contributed by atoms with Gasteiger partial charge in [0.15, 0.2) is 0 Å². The van der Waals surface area contributed by atoms with E-state index in [1.54, 1.807) is 0 Å². The summed E-state index contributed by atoms with van der Waals surface area (Å²) in [5.74, 6) is -0.117. The maximum absolute atomic E-state index is 11.7. The Bertz CT molecular complexity index is 432. The summed E-state index contributed by atoms with van der Waals surface area (Å²) in [6.45, 7) is 9.46. The Labute approximate surface area is 229 Å². The number of carbonyl (C=O) groups is 1. The van der Waals surface area contributed by atoms with Crippen molar-refractivity contribution in [1.82, 2.24) is 0 Å². The summed E-state index contributed by atoms with van der Waals surface area (Å²) < 4.78 is 27.3. The van der Waals surface area contributed by atoms with Crippen molar-refractivity contribution in [1.29, 1.82) is 0 Å². The molecule has 0 rings (SSSR count). The Hall–Kier alpha value is -0.690. The molecule has 0 spiro atoms. The fourth-order valence-electron chi connectivity index (χ4n) is 4.14. The van der Waals surface area contributed by atoms with Crippen molar-refractivity contribution in [2.45, 2.75) is 136 Å². The number of hydrogen-bond donors (Lipinski definition) is 0. The lowest BCUT2D eigenvalue weighted by molar-refractivity contribution is -0.145. The van der Waals surface area contributed by atoms with E-state index in [4.69, 9.17) is 23.7 Å². The van der Waals surface area contributed by atoms with E-state index in [-0.39, 0.29) is 5.97 Å². The summed E-state index contributed by atoms with van der Waals surface area (Å²) >= 11 is 0. The van der Waals surface area contributed by atoms with Gasteiger partial charge < -0.3 is 23.7 Å². The minimum atomic E-state index is -0.117. The third kappa shape index (κ3) is 33.3. The molecule has 222 valence electrons. The van der Waals surface area contributed by atoms with Crippen LogP contribution in [0.25, 0.3) is 0 Å². The standard InChI is InChI=1S/C31H62O6/c1-3-5-7-9-11-12-13-14-16-18-20-22-33-23-24-34-25-26-35-27-28-36-29-30-37-31(32)21-19-17-15-10-8-6-4-2/h3-30H2,1-2H3. The van der Waals surface area contributed by atoms with Gasteiger partial charge in [-0.05, 0) is 12.8 Å². The predicted molar refractivity (Wildman–Crippen MR) is 153 cm³/mol. The van der Waals surface area contributed by atoms with Crippen molar-refractivity contribution in [3.8, 4) is 0 Å². The molecule has 0 aliphatic rings. The van der Waals surface area contributed by atoms with Crippen molar-refractivity contribution >= 4 is 5.97 Å². The lowest BCUT2D eigenvalue weighted by atomic mass is 10.1. The molecule has 0 bridgehead atoms. The zero-order chi connectivity index (χ0) is 26.9. The Morgan fingerprint density at radius 2 is 0.703 bits per heavy atom. The summed E-state index contributed by atoms with van der Waals surface area (Å²) in [6.07, 6.45) is 23.9. The van der Waals surface area contributed by atoms with Crippen LogP contribution in [0.3, 0.4) is 0 Å². The smallest absolute Gasteiger partial charge is 0.305 e. The molecule has 0 amide bonds. The Morgan fingerprint density at radius 1 is 0.378 bits per heavy atom. The summed E-state index contributed by atoms with van der Waals surface area (Å²) in [7, 11) is 0. The first-order valence-electron chi connectivity index (χ1n) is 15.8. The maximum atomic E-state index is 11.7. The SMILES string of the molecule is CCCCCCCCCCCCCOCCOCCOCCOCCOC(=O)CCCCCCCCC. The van der Waals surface area contributed by atoms with Gasteiger partial charge in [0.05, 0.1) is 46.2 Å². The van der Waals surface area contributed by atoms with Crippen molar-refractivity contribution in [3.05, 3.63) is 0 Å². The first kappa shape index (κ1) is 36.3. The quantitative estimate of drug-likeness (QED) is 0.0647. The van der Waals surface area contributed by atoms with E-state index in [0.29, 0.717) is 59.3 Å². The molecule has 0 N–H and O–H groups in total. The minimum absolute atomic E-state index is 0.117. The van der Waals surface area contributed by atoms with Gasteiger partial charge in [0.25, 0.3) is 0 Å². The second-order valence-corrected chi connectivity index (χ2v) is 10.1. The maximum Gasteiger partial charge on any atom is 0.305 e. The molecular formula is C31H62O6. The highest BCUT2D eigenvalue weighted by molar-refractivity contribution is 5.69. The van der Waals surface area contributed by atoms with Gasteiger partial charge in [-0.25, -0.2) is 0 Å². The molecule has 0 fully saturated rings. The fourth-order valence-corrected chi connectivity index (χ4v) is 4.14. The topological polar surface area (TPSA) is 63.2 Å². The highest BCUT2D eigenvalue weighted by Gasteiger charge is 2.02. The summed E-state index contributed by atoms with van der Waals surface area (Å²) in [4.78, 5) is 11.7. The van der Waals surface area contributed by atoms with Crippen LogP contribution in [0.4, 0.5) is 0 Å². The number of esters is 1. The molecule has 0 unspecified atom stereocenters. The van der Waals surface area contributed by atoms with Crippen molar-refractivity contribution in [2.75, 3.05) is 59.5 Å². The van der Waals surface area contributed by atoms with Crippen LogP contribution in [-0.4, -0.2) is 65.4 Å². The van der Waals surface area contributed by atoms with Crippen LogP contribution in [0.15, 0.2) is 0 Å². The summed E-state index contributed by atoms with van der Waals surface area (Å²) in [5, 5.41) is 0. The van der Waals surface area contributed by atoms with E-state index in [0.717, 1.165) is 25.9 Å². The average Bonchev–Trinajstić information content (AvgIpc) is 2.90. The number of unbranched alkanes of at least 4 members (excludes halogenated alkanes) is 16. The molecule has 0 aromatic heterocycles. The second-order valence-electron chi connectivity index (χ2n) is 10.1. The molecule has 37 heavy (non-hydrogen) atoms. The Kier molecular flexibility index (Phi) is 32.7. The van der Waals surface area contributed by atoms with Crippen LogP contribution in [0.1, 0.15) is 136 Å². The number of hydrogen-bond acceptors (Lipinski definition) is 6. The van der Waals surface area contributed by atoms with E-state index >= 15 is 0 Å². The fraction of sp³-hybridized carbons (Fsp3) is 0.968. The molecule has 0 atom stereocenters. The number of rotatable bonds is 32. The highest BCUT2D eigenvalue weighted by Crippen LogP contribution is 2.11. The monoisotopic (exact) mass is 530 g/mol. The van der Waals surface area contributed by atoms with Crippen molar-refractivity contribution in [3.63, 3.8) is 0 Å². The van der Waals surface area contributed by atoms with Crippen LogP contribution >= 0.6 is 0 Å². The third-order valence-electron chi connectivity index (χ3n) is 6.48. The zero-order valence-electron chi connectivity index (χ0n) is 24.7. The molecule has 0 radical (unpaired) electrons. The molecule has 0 heterocycles. The van der Waals surface area contributed by atoms with Crippen LogP contribution in [0.5, 0.6) is 0 Å². The second kappa shape index (κ2) is 33.3. The normalized spacial score (nSPS) is 11.3. The number of carbonyl (C=O) groups excluding carboxylic acids is 1. The lowest BCUT2D eigenvalue weighted by Crippen LogP contribution is -2.14. The van der Waals surface area contributed by atoms with E-state index in [9.17, 15) is 4.79 Å². The van der Waals surface area contributed by atoms with E-state index in [1.165, 1.54) is 96.3 Å². The highest BCUT2D eigenvalue weighted by atomic mass is 16.6. The van der Waals surface area contributed by atoms with Gasteiger partial charge in [0.1, 0.15) is 6.61 Å². The van der Waals surface area contributed by atoms with Crippen LogP contribution in [0.2, 0.25) is 0 Å². The molecule has 0 aromatic rings. The summed E-state index contributed by atoms with van der Waals surface area (Å²) in [5.41, 5.74) is 0. The average molecular weight is 531 g/mol. The zero-order valence-corrected chi connectivity index (χ0v) is 24.7. The number of ether oxygens (including phenoxy) is 5. The Morgan fingerprint density at radius 3 is 1.14 bits per heavy atom. The third-order valence-corrected chi connectivity index (χ3v) is 6.48. The van der Waals surface area contributed by atoms with Gasteiger partial charge in [-0.1, -0.05) is 117 Å². The molecule has 6 nitrogen and oxygen atoms in total. The van der Waals surface area contributed by atoms with E-state index in [2.05, 4.69) is 13.8 Å². The van der Waals surface area contributed by atoms with Gasteiger partial charge in [0.2, 0.25) is 0 Å².